The van der Waals surface area contributed by atoms with Crippen LogP contribution in [-0.2, 0) is 0 Å². The lowest BCUT2D eigenvalue weighted by Crippen LogP contribution is -2.30. The molecule has 2 heteroatoms. The highest BCUT2D eigenvalue weighted by Gasteiger charge is 2.26. The number of hydrogen-bond acceptors (Lipinski definition) is 2. The summed E-state index contributed by atoms with van der Waals surface area (Å²) < 4.78 is 6.25. The lowest BCUT2D eigenvalue weighted by Gasteiger charge is -2.32. The Balaban J connectivity index is 2.17. The standard InChI is InChI=1S/C17H26O2/c1-4-14-7-5-6-8-16(14)19-17-10-9-12(2)11-15(17)13(3)18/h9-11,13-14,16,18H,4-8H2,1-3H3/t13-,14?,16?/m0/s1. The third-order valence-corrected chi connectivity index (χ3v) is 4.26. The molecule has 1 aromatic carbocycles. The maximum atomic E-state index is 9.90. The fourth-order valence-corrected chi connectivity index (χ4v) is 3.06. The number of ether oxygens (including phenoxy) is 1. The topological polar surface area (TPSA) is 29.5 Å². The molecule has 0 bridgehead atoms. The molecule has 0 aromatic heterocycles. The van der Waals surface area contributed by atoms with Crippen LogP contribution in [0.25, 0.3) is 0 Å². The average Bonchev–Trinajstić information content (AvgIpc) is 2.41. The molecule has 0 amide bonds. The molecule has 0 heterocycles. The Kier molecular flexibility index (Phi) is 4.87. The van der Waals surface area contributed by atoms with Gasteiger partial charge in [0.1, 0.15) is 11.9 Å². The first-order valence-corrected chi connectivity index (χ1v) is 7.57. The summed E-state index contributed by atoms with van der Waals surface area (Å²) in [5, 5.41) is 9.90. The zero-order valence-corrected chi connectivity index (χ0v) is 12.4. The van der Waals surface area contributed by atoms with Gasteiger partial charge in [0.2, 0.25) is 0 Å². The van der Waals surface area contributed by atoms with Crippen LogP contribution in [0.15, 0.2) is 18.2 Å². The Morgan fingerprint density at radius 3 is 2.74 bits per heavy atom. The summed E-state index contributed by atoms with van der Waals surface area (Å²) >= 11 is 0. The number of aliphatic hydroxyl groups excluding tert-OH is 1. The molecule has 0 saturated heterocycles. The first-order valence-electron chi connectivity index (χ1n) is 7.57. The Hall–Kier alpha value is -1.02. The second-order valence-electron chi connectivity index (χ2n) is 5.83. The summed E-state index contributed by atoms with van der Waals surface area (Å²) in [5.74, 6) is 1.53. The average molecular weight is 262 g/mol. The van der Waals surface area contributed by atoms with Gasteiger partial charge >= 0.3 is 0 Å². The molecule has 2 unspecified atom stereocenters. The summed E-state index contributed by atoms with van der Waals surface area (Å²) in [5.41, 5.74) is 2.08. The molecule has 1 aromatic rings. The maximum Gasteiger partial charge on any atom is 0.125 e. The second kappa shape index (κ2) is 6.42. The van der Waals surface area contributed by atoms with Crippen molar-refractivity contribution in [2.45, 2.75) is 65.1 Å². The number of benzene rings is 1. The molecule has 0 aliphatic heterocycles. The van der Waals surface area contributed by atoms with E-state index in [1.54, 1.807) is 6.92 Å². The van der Waals surface area contributed by atoms with Gasteiger partial charge in [-0.1, -0.05) is 25.0 Å². The van der Waals surface area contributed by atoms with Gasteiger partial charge in [-0.2, -0.15) is 0 Å². The summed E-state index contributed by atoms with van der Waals surface area (Å²) in [6, 6.07) is 6.10. The minimum Gasteiger partial charge on any atom is -0.490 e. The van der Waals surface area contributed by atoms with Crippen molar-refractivity contribution in [2.75, 3.05) is 0 Å². The molecule has 1 N–H and O–H groups in total. The Labute approximate surface area is 116 Å². The molecular weight excluding hydrogens is 236 g/mol. The maximum absolute atomic E-state index is 9.90. The van der Waals surface area contributed by atoms with Gasteiger partial charge in [-0.3, -0.25) is 0 Å². The molecule has 2 nitrogen and oxygen atoms in total. The SMILES string of the molecule is CCC1CCCCC1Oc1ccc(C)cc1[C@H](C)O. The van der Waals surface area contributed by atoms with Crippen LogP contribution in [-0.4, -0.2) is 11.2 Å². The van der Waals surface area contributed by atoms with E-state index >= 15 is 0 Å². The third kappa shape index (κ3) is 3.50. The predicted molar refractivity (Wildman–Crippen MR) is 78.5 cm³/mol. The molecule has 1 fully saturated rings. The fourth-order valence-electron chi connectivity index (χ4n) is 3.06. The lowest BCUT2D eigenvalue weighted by molar-refractivity contribution is 0.0855. The molecular formula is C17H26O2. The van der Waals surface area contributed by atoms with Gasteiger partial charge in [0, 0.05) is 5.56 Å². The van der Waals surface area contributed by atoms with Crippen molar-refractivity contribution in [3.8, 4) is 5.75 Å². The zero-order chi connectivity index (χ0) is 13.8. The van der Waals surface area contributed by atoms with Crippen molar-refractivity contribution in [3.05, 3.63) is 29.3 Å². The first kappa shape index (κ1) is 14.4. The van der Waals surface area contributed by atoms with E-state index in [9.17, 15) is 5.11 Å². The molecule has 0 spiro atoms. The molecule has 1 aliphatic rings. The van der Waals surface area contributed by atoms with Crippen LogP contribution in [0.5, 0.6) is 5.75 Å². The number of rotatable bonds is 4. The highest BCUT2D eigenvalue weighted by atomic mass is 16.5. The van der Waals surface area contributed by atoms with Crippen LogP contribution in [0, 0.1) is 12.8 Å². The van der Waals surface area contributed by atoms with Crippen LogP contribution in [0.1, 0.15) is 63.2 Å². The van der Waals surface area contributed by atoms with Gasteiger partial charge in [0.05, 0.1) is 6.10 Å². The highest BCUT2D eigenvalue weighted by molar-refractivity contribution is 5.38. The quantitative estimate of drug-likeness (QED) is 0.871. The van der Waals surface area contributed by atoms with E-state index in [-0.39, 0.29) is 0 Å². The van der Waals surface area contributed by atoms with Gasteiger partial charge in [-0.25, -0.2) is 0 Å². The zero-order valence-electron chi connectivity index (χ0n) is 12.4. The Morgan fingerprint density at radius 2 is 2.05 bits per heavy atom. The number of aryl methyl sites for hydroxylation is 1. The molecule has 0 radical (unpaired) electrons. The largest absolute Gasteiger partial charge is 0.490 e. The summed E-state index contributed by atoms with van der Waals surface area (Å²) in [7, 11) is 0. The van der Waals surface area contributed by atoms with Gasteiger partial charge in [-0.15, -0.1) is 0 Å². The van der Waals surface area contributed by atoms with Crippen LogP contribution in [0.4, 0.5) is 0 Å². The molecule has 1 saturated carbocycles. The van der Waals surface area contributed by atoms with E-state index in [0.717, 1.165) is 17.7 Å². The van der Waals surface area contributed by atoms with Crippen molar-refractivity contribution in [3.63, 3.8) is 0 Å². The van der Waals surface area contributed by atoms with E-state index in [1.807, 2.05) is 19.1 Å². The summed E-state index contributed by atoms with van der Waals surface area (Å²) in [6.45, 7) is 6.10. The summed E-state index contributed by atoms with van der Waals surface area (Å²) in [4.78, 5) is 0. The Morgan fingerprint density at radius 1 is 1.32 bits per heavy atom. The van der Waals surface area contributed by atoms with Gasteiger partial charge in [0.15, 0.2) is 0 Å². The second-order valence-corrected chi connectivity index (χ2v) is 5.83. The van der Waals surface area contributed by atoms with Crippen molar-refractivity contribution in [1.82, 2.24) is 0 Å². The van der Waals surface area contributed by atoms with E-state index in [2.05, 4.69) is 13.0 Å². The minimum atomic E-state index is -0.474. The predicted octanol–water partition coefficient (Wildman–Crippen LogP) is 4.40. The van der Waals surface area contributed by atoms with Gasteiger partial charge in [0.25, 0.3) is 0 Å². The van der Waals surface area contributed by atoms with Crippen LogP contribution in [0.2, 0.25) is 0 Å². The van der Waals surface area contributed by atoms with E-state index in [4.69, 9.17) is 4.74 Å². The fraction of sp³-hybridized carbons (Fsp3) is 0.647. The normalized spacial score (nSPS) is 25.1. The van der Waals surface area contributed by atoms with Crippen LogP contribution >= 0.6 is 0 Å². The molecule has 106 valence electrons. The van der Waals surface area contributed by atoms with Crippen molar-refractivity contribution >= 4 is 0 Å². The van der Waals surface area contributed by atoms with Crippen molar-refractivity contribution < 1.29 is 9.84 Å². The first-order chi connectivity index (χ1) is 9.11. The molecule has 19 heavy (non-hydrogen) atoms. The van der Waals surface area contributed by atoms with Crippen molar-refractivity contribution in [2.24, 2.45) is 5.92 Å². The van der Waals surface area contributed by atoms with E-state index < -0.39 is 6.10 Å². The van der Waals surface area contributed by atoms with Crippen LogP contribution < -0.4 is 4.74 Å². The van der Waals surface area contributed by atoms with E-state index in [1.165, 1.54) is 31.2 Å². The monoisotopic (exact) mass is 262 g/mol. The lowest BCUT2D eigenvalue weighted by atomic mass is 9.84. The van der Waals surface area contributed by atoms with Gasteiger partial charge in [-0.05, 0) is 57.6 Å². The van der Waals surface area contributed by atoms with Gasteiger partial charge < -0.3 is 9.84 Å². The van der Waals surface area contributed by atoms with Crippen LogP contribution in [0.3, 0.4) is 0 Å². The molecule has 3 atom stereocenters. The highest BCUT2D eigenvalue weighted by Crippen LogP contribution is 2.33. The minimum absolute atomic E-state index is 0.318. The number of hydrogen-bond donors (Lipinski definition) is 1. The smallest absolute Gasteiger partial charge is 0.125 e. The van der Waals surface area contributed by atoms with Crippen molar-refractivity contribution in [1.29, 1.82) is 0 Å². The number of aliphatic hydroxyl groups is 1. The summed E-state index contributed by atoms with van der Waals surface area (Å²) in [6.07, 6.45) is 6.04. The molecule has 2 rings (SSSR count). The Bertz CT molecular complexity index is 412. The third-order valence-electron chi connectivity index (χ3n) is 4.26. The molecule has 1 aliphatic carbocycles. The van der Waals surface area contributed by atoms with E-state index in [0.29, 0.717) is 12.0 Å².